The number of sulfonamides is 1. The molecule has 0 aliphatic carbocycles. The van der Waals surface area contributed by atoms with Gasteiger partial charge in [-0.1, -0.05) is 74.0 Å². The van der Waals surface area contributed by atoms with Crippen molar-refractivity contribution in [3.05, 3.63) is 95.5 Å². The van der Waals surface area contributed by atoms with E-state index in [4.69, 9.17) is 11.6 Å². The summed E-state index contributed by atoms with van der Waals surface area (Å²) in [6.07, 6.45) is 1.13. The van der Waals surface area contributed by atoms with Crippen LogP contribution in [0.3, 0.4) is 0 Å². The van der Waals surface area contributed by atoms with Gasteiger partial charge in [-0.3, -0.25) is 13.9 Å². The van der Waals surface area contributed by atoms with Crippen LogP contribution in [0.4, 0.5) is 5.69 Å². The molecule has 3 aromatic rings. The summed E-state index contributed by atoms with van der Waals surface area (Å²) < 4.78 is 28.4. The van der Waals surface area contributed by atoms with E-state index < -0.39 is 28.5 Å². The number of anilines is 1. The van der Waals surface area contributed by atoms with Gasteiger partial charge in [0.25, 0.3) is 10.0 Å². The molecule has 0 fully saturated rings. The molecule has 1 unspecified atom stereocenters. The SMILES string of the molecule is CCCNC(=O)C(CC)N(Cc1ccccc1)C(=O)CN(c1ccc(Cl)cc1)S(=O)(=O)c1ccccc1. The van der Waals surface area contributed by atoms with E-state index in [2.05, 4.69) is 5.32 Å². The largest absolute Gasteiger partial charge is 0.354 e. The van der Waals surface area contributed by atoms with Crippen molar-refractivity contribution in [2.24, 2.45) is 0 Å². The standard InChI is InChI=1S/C28H32ClN3O4S/c1-3-19-30-28(34)26(4-2)31(20-22-11-7-5-8-12-22)27(33)21-32(24-17-15-23(29)16-18-24)37(35,36)25-13-9-6-10-14-25/h5-18,26H,3-4,19-21H2,1-2H3,(H,30,34). The van der Waals surface area contributed by atoms with Crippen LogP contribution in [0.1, 0.15) is 32.3 Å². The third-order valence-electron chi connectivity index (χ3n) is 5.86. The Labute approximate surface area is 224 Å². The van der Waals surface area contributed by atoms with Crippen molar-refractivity contribution in [1.82, 2.24) is 10.2 Å². The van der Waals surface area contributed by atoms with Crippen LogP contribution < -0.4 is 9.62 Å². The third-order valence-corrected chi connectivity index (χ3v) is 7.90. The Morgan fingerprint density at radius 2 is 1.49 bits per heavy atom. The van der Waals surface area contributed by atoms with Gasteiger partial charge in [0.05, 0.1) is 10.6 Å². The van der Waals surface area contributed by atoms with Crippen LogP contribution >= 0.6 is 11.6 Å². The van der Waals surface area contributed by atoms with E-state index >= 15 is 0 Å². The van der Waals surface area contributed by atoms with Gasteiger partial charge in [0.2, 0.25) is 11.8 Å². The van der Waals surface area contributed by atoms with E-state index in [-0.39, 0.29) is 17.3 Å². The molecule has 0 saturated carbocycles. The molecule has 9 heteroatoms. The molecule has 196 valence electrons. The van der Waals surface area contributed by atoms with Gasteiger partial charge >= 0.3 is 0 Å². The highest BCUT2D eigenvalue weighted by atomic mass is 35.5. The van der Waals surface area contributed by atoms with Gasteiger partial charge in [-0.05, 0) is 54.8 Å². The van der Waals surface area contributed by atoms with Gasteiger partial charge in [-0.2, -0.15) is 0 Å². The Morgan fingerprint density at radius 1 is 0.892 bits per heavy atom. The minimum Gasteiger partial charge on any atom is -0.354 e. The first kappa shape index (κ1) is 28.2. The van der Waals surface area contributed by atoms with Crippen molar-refractivity contribution in [2.75, 3.05) is 17.4 Å². The summed E-state index contributed by atoms with van der Waals surface area (Å²) in [6, 6.07) is 22.8. The number of carbonyl (C=O) groups is 2. The van der Waals surface area contributed by atoms with Gasteiger partial charge < -0.3 is 10.2 Å². The van der Waals surface area contributed by atoms with Crippen molar-refractivity contribution in [3.8, 4) is 0 Å². The summed E-state index contributed by atoms with van der Waals surface area (Å²) in [5.41, 5.74) is 1.13. The second kappa shape index (κ2) is 13.3. The maximum Gasteiger partial charge on any atom is 0.264 e. The maximum atomic E-state index is 13.9. The summed E-state index contributed by atoms with van der Waals surface area (Å²) in [4.78, 5) is 28.4. The predicted octanol–water partition coefficient (Wildman–Crippen LogP) is 4.87. The van der Waals surface area contributed by atoms with Crippen LogP contribution in [0.2, 0.25) is 5.02 Å². The molecule has 3 aromatic carbocycles. The van der Waals surface area contributed by atoms with Crippen molar-refractivity contribution >= 4 is 39.1 Å². The average Bonchev–Trinajstić information content (AvgIpc) is 2.92. The van der Waals surface area contributed by atoms with Crippen LogP contribution in [0.25, 0.3) is 0 Å². The first-order chi connectivity index (χ1) is 17.8. The third kappa shape index (κ3) is 7.33. The van der Waals surface area contributed by atoms with E-state index in [0.29, 0.717) is 23.7 Å². The lowest BCUT2D eigenvalue weighted by molar-refractivity contribution is -0.140. The highest BCUT2D eigenvalue weighted by molar-refractivity contribution is 7.92. The summed E-state index contributed by atoms with van der Waals surface area (Å²) >= 11 is 6.04. The second-order valence-electron chi connectivity index (χ2n) is 8.52. The fourth-order valence-electron chi connectivity index (χ4n) is 3.92. The lowest BCUT2D eigenvalue weighted by Gasteiger charge is -2.33. The lowest BCUT2D eigenvalue weighted by Crippen LogP contribution is -2.52. The average molecular weight is 542 g/mol. The normalized spacial score (nSPS) is 12.0. The zero-order chi connectivity index (χ0) is 26.8. The smallest absolute Gasteiger partial charge is 0.264 e. The Balaban J connectivity index is 2.02. The molecule has 0 bridgehead atoms. The first-order valence-electron chi connectivity index (χ1n) is 12.2. The fourth-order valence-corrected chi connectivity index (χ4v) is 5.48. The number of nitrogens with one attached hydrogen (secondary N) is 1. The number of hydrogen-bond acceptors (Lipinski definition) is 4. The monoisotopic (exact) mass is 541 g/mol. The minimum absolute atomic E-state index is 0.0556. The van der Waals surface area contributed by atoms with E-state index in [1.165, 1.54) is 17.0 Å². The van der Waals surface area contributed by atoms with E-state index in [9.17, 15) is 18.0 Å². The molecule has 0 saturated heterocycles. The Hall–Kier alpha value is -3.36. The molecule has 3 rings (SSSR count). The summed E-state index contributed by atoms with van der Waals surface area (Å²) in [5.74, 6) is -0.755. The number of benzene rings is 3. The molecule has 1 N–H and O–H groups in total. The molecule has 0 aromatic heterocycles. The van der Waals surface area contributed by atoms with Gasteiger partial charge in [-0.25, -0.2) is 8.42 Å². The molecule has 0 aliphatic rings. The number of halogens is 1. The van der Waals surface area contributed by atoms with Crippen molar-refractivity contribution in [1.29, 1.82) is 0 Å². The summed E-state index contributed by atoms with van der Waals surface area (Å²) in [5, 5.41) is 3.31. The molecule has 2 amide bonds. The molecule has 0 radical (unpaired) electrons. The molecule has 7 nitrogen and oxygen atoms in total. The molecule has 1 atom stereocenters. The lowest BCUT2D eigenvalue weighted by atomic mass is 10.1. The quantitative estimate of drug-likeness (QED) is 0.354. The number of rotatable bonds is 12. The maximum absolute atomic E-state index is 13.9. The number of nitrogens with zero attached hydrogens (tertiary/aromatic N) is 2. The first-order valence-corrected chi connectivity index (χ1v) is 14.0. The molecule has 0 spiro atoms. The van der Waals surface area contributed by atoms with Crippen LogP contribution in [0, 0.1) is 0 Å². The minimum atomic E-state index is -4.09. The molecule has 37 heavy (non-hydrogen) atoms. The predicted molar refractivity (Wildman–Crippen MR) is 147 cm³/mol. The second-order valence-corrected chi connectivity index (χ2v) is 10.8. The van der Waals surface area contributed by atoms with Crippen molar-refractivity contribution < 1.29 is 18.0 Å². The van der Waals surface area contributed by atoms with E-state index in [1.807, 2.05) is 44.2 Å². The van der Waals surface area contributed by atoms with Crippen molar-refractivity contribution in [3.63, 3.8) is 0 Å². The van der Waals surface area contributed by atoms with E-state index in [0.717, 1.165) is 16.3 Å². The summed E-state index contributed by atoms with van der Waals surface area (Å²) in [6.45, 7) is 3.95. The van der Waals surface area contributed by atoms with Gasteiger partial charge in [0.1, 0.15) is 12.6 Å². The Kier molecular flexibility index (Phi) is 10.1. The fraction of sp³-hybridized carbons (Fsp3) is 0.286. The van der Waals surface area contributed by atoms with Crippen LogP contribution in [-0.4, -0.2) is 44.3 Å². The molecule has 0 aliphatic heterocycles. The topological polar surface area (TPSA) is 86.8 Å². The van der Waals surface area contributed by atoms with Crippen LogP contribution in [0.5, 0.6) is 0 Å². The zero-order valence-corrected chi connectivity index (χ0v) is 22.6. The summed E-state index contributed by atoms with van der Waals surface area (Å²) in [7, 11) is -4.09. The highest BCUT2D eigenvalue weighted by Crippen LogP contribution is 2.26. The van der Waals surface area contributed by atoms with Gasteiger partial charge in [0.15, 0.2) is 0 Å². The highest BCUT2D eigenvalue weighted by Gasteiger charge is 2.33. The zero-order valence-electron chi connectivity index (χ0n) is 21.0. The van der Waals surface area contributed by atoms with Crippen molar-refractivity contribution in [2.45, 2.75) is 44.2 Å². The van der Waals surface area contributed by atoms with Crippen LogP contribution in [0.15, 0.2) is 89.8 Å². The molecular formula is C28H32ClN3O4S. The number of carbonyl (C=O) groups excluding carboxylic acids is 2. The van der Waals surface area contributed by atoms with E-state index in [1.54, 1.807) is 42.5 Å². The molecular weight excluding hydrogens is 510 g/mol. The Bertz CT molecular complexity index is 1270. The van der Waals surface area contributed by atoms with Crippen LogP contribution in [-0.2, 0) is 26.2 Å². The number of hydrogen-bond donors (Lipinski definition) is 1. The van der Waals surface area contributed by atoms with Gasteiger partial charge in [-0.15, -0.1) is 0 Å². The van der Waals surface area contributed by atoms with Gasteiger partial charge in [0, 0.05) is 18.1 Å². The Morgan fingerprint density at radius 3 is 2.05 bits per heavy atom. The number of amides is 2. The molecule has 0 heterocycles.